The average molecular weight is 403 g/mol. The highest BCUT2D eigenvalue weighted by Crippen LogP contribution is 2.13. The highest BCUT2D eigenvalue weighted by atomic mass is 19.1. The van der Waals surface area contributed by atoms with Crippen LogP contribution in [-0.2, 0) is 20.9 Å². The molecule has 0 saturated heterocycles. The number of rotatable bonds is 8. The first-order valence-corrected chi connectivity index (χ1v) is 9.29. The Bertz CT molecular complexity index is 787. The molecule has 0 aliphatic heterocycles. The van der Waals surface area contributed by atoms with Gasteiger partial charge in [-0.1, -0.05) is 30.3 Å². The molecule has 0 spiro atoms. The lowest BCUT2D eigenvalue weighted by molar-refractivity contribution is -0.145. The number of ether oxygens (including phenoxy) is 3. The molecule has 1 atom stereocenters. The van der Waals surface area contributed by atoms with Gasteiger partial charge in [-0.3, -0.25) is 4.79 Å². The lowest BCUT2D eigenvalue weighted by Gasteiger charge is -2.23. The topological polar surface area (TPSA) is 73.9 Å². The van der Waals surface area contributed by atoms with Gasteiger partial charge >= 0.3 is 12.1 Å². The molecule has 0 fully saturated rings. The minimum atomic E-state index is -0.682. The van der Waals surface area contributed by atoms with E-state index in [1.807, 2.05) is 30.3 Å². The molecule has 2 rings (SSSR count). The van der Waals surface area contributed by atoms with Crippen molar-refractivity contribution in [2.45, 2.75) is 45.4 Å². The molecule has 0 aliphatic carbocycles. The molecule has 2 aromatic carbocycles. The molecule has 7 heteroatoms. The number of nitrogens with one attached hydrogen (secondary N) is 1. The molecule has 0 saturated carbocycles. The second-order valence-electron chi connectivity index (χ2n) is 7.46. The summed E-state index contributed by atoms with van der Waals surface area (Å²) in [7, 11) is 0. The molecule has 0 bridgehead atoms. The van der Waals surface area contributed by atoms with Crippen molar-refractivity contribution < 1.29 is 28.2 Å². The van der Waals surface area contributed by atoms with E-state index < -0.39 is 23.7 Å². The van der Waals surface area contributed by atoms with E-state index in [1.54, 1.807) is 20.8 Å². The molecular weight excluding hydrogens is 377 g/mol. The van der Waals surface area contributed by atoms with Crippen molar-refractivity contribution in [3.8, 4) is 5.75 Å². The van der Waals surface area contributed by atoms with Gasteiger partial charge in [-0.15, -0.1) is 0 Å². The second-order valence-corrected chi connectivity index (χ2v) is 7.46. The molecule has 2 aromatic rings. The van der Waals surface area contributed by atoms with Crippen LogP contribution in [0.25, 0.3) is 0 Å². The first-order valence-electron chi connectivity index (χ1n) is 9.29. The number of alkyl carbamates (subject to hydrolysis) is 1. The maximum Gasteiger partial charge on any atom is 0.408 e. The Balaban J connectivity index is 1.93. The van der Waals surface area contributed by atoms with Gasteiger partial charge in [0.15, 0.2) is 0 Å². The lowest BCUT2D eigenvalue weighted by atomic mass is 10.2. The summed E-state index contributed by atoms with van der Waals surface area (Å²) in [5.74, 6) is -0.456. The molecule has 29 heavy (non-hydrogen) atoms. The third-order valence-corrected chi connectivity index (χ3v) is 3.64. The Morgan fingerprint density at radius 3 is 2.31 bits per heavy atom. The van der Waals surface area contributed by atoms with E-state index in [0.717, 1.165) is 5.56 Å². The minimum absolute atomic E-state index is 0.00862. The molecular formula is C22H26FNO5. The van der Waals surface area contributed by atoms with E-state index in [4.69, 9.17) is 14.2 Å². The number of halogens is 1. The fraction of sp³-hybridized carbons (Fsp3) is 0.364. The highest BCUT2D eigenvalue weighted by Gasteiger charge is 2.22. The van der Waals surface area contributed by atoms with E-state index in [9.17, 15) is 14.0 Å². The van der Waals surface area contributed by atoms with Crippen LogP contribution in [0.1, 0.15) is 32.8 Å². The molecule has 0 heterocycles. The second kappa shape index (κ2) is 10.5. The number of hydrogen-bond acceptors (Lipinski definition) is 5. The maximum atomic E-state index is 13.0. The summed E-state index contributed by atoms with van der Waals surface area (Å²) >= 11 is 0. The standard InChI is InChI=1S/C22H26FNO5/c1-22(2,3)29-21(26)24-18(15-27-19-11-9-17(23)10-12-19)13-20(25)28-14-16-7-5-4-6-8-16/h4-12,18H,13-15H2,1-3H3,(H,24,26)/t18-/m0/s1. The van der Waals surface area contributed by atoms with Gasteiger partial charge in [0, 0.05) is 0 Å². The molecule has 0 aromatic heterocycles. The molecule has 0 aliphatic rings. The first-order chi connectivity index (χ1) is 13.7. The number of esters is 1. The summed E-state index contributed by atoms with van der Waals surface area (Å²) in [5, 5.41) is 2.62. The van der Waals surface area contributed by atoms with Crippen molar-refractivity contribution in [2.24, 2.45) is 0 Å². The zero-order valence-corrected chi connectivity index (χ0v) is 16.8. The monoisotopic (exact) mass is 403 g/mol. The minimum Gasteiger partial charge on any atom is -0.491 e. The van der Waals surface area contributed by atoms with E-state index in [0.29, 0.717) is 5.75 Å². The fourth-order valence-corrected chi connectivity index (χ4v) is 2.35. The largest absolute Gasteiger partial charge is 0.491 e. The molecule has 6 nitrogen and oxygen atoms in total. The quantitative estimate of drug-likeness (QED) is 0.668. The van der Waals surface area contributed by atoms with Crippen LogP contribution >= 0.6 is 0 Å². The van der Waals surface area contributed by atoms with Crippen LogP contribution in [0.4, 0.5) is 9.18 Å². The van der Waals surface area contributed by atoms with Gasteiger partial charge in [0.05, 0.1) is 12.5 Å². The van der Waals surface area contributed by atoms with Gasteiger partial charge in [0.1, 0.15) is 30.4 Å². The first kappa shape index (κ1) is 22.2. The van der Waals surface area contributed by atoms with Crippen LogP contribution in [-0.4, -0.2) is 30.3 Å². The Hall–Kier alpha value is -3.09. The smallest absolute Gasteiger partial charge is 0.408 e. The molecule has 156 valence electrons. The predicted octanol–water partition coefficient (Wildman–Crippen LogP) is 4.23. The van der Waals surface area contributed by atoms with Crippen molar-refractivity contribution in [3.63, 3.8) is 0 Å². The van der Waals surface area contributed by atoms with Crippen LogP contribution in [0.15, 0.2) is 54.6 Å². The normalized spacial score (nSPS) is 12.0. The van der Waals surface area contributed by atoms with Crippen molar-refractivity contribution in [1.82, 2.24) is 5.32 Å². The van der Waals surface area contributed by atoms with Gasteiger partial charge in [0.25, 0.3) is 0 Å². The van der Waals surface area contributed by atoms with Gasteiger partial charge in [0.2, 0.25) is 0 Å². The van der Waals surface area contributed by atoms with Crippen LogP contribution in [0.2, 0.25) is 0 Å². The van der Waals surface area contributed by atoms with Crippen molar-refractivity contribution in [3.05, 3.63) is 66.0 Å². The molecule has 1 N–H and O–H groups in total. The average Bonchev–Trinajstić information content (AvgIpc) is 2.65. The predicted molar refractivity (Wildman–Crippen MR) is 106 cm³/mol. The zero-order valence-electron chi connectivity index (χ0n) is 16.8. The van der Waals surface area contributed by atoms with E-state index in [-0.39, 0.29) is 25.5 Å². The van der Waals surface area contributed by atoms with Crippen LogP contribution in [0.3, 0.4) is 0 Å². The molecule has 0 radical (unpaired) electrons. The summed E-state index contributed by atoms with van der Waals surface area (Å²) in [6.07, 6.45) is -0.770. The Kier molecular flexibility index (Phi) is 8.00. The highest BCUT2D eigenvalue weighted by molar-refractivity contribution is 5.73. The third kappa shape index (κ3) is 9.10. The number of carbonyl (C=O) groups is 2. The number of hydrogen-bond donors (Lipinski definition) is 1. The van der Waals surface area contributed by atoms with Gasteiger partial charge in [-0.05, 0) is 50.6 Å². The summed E-state index contributed by atoms with van der Waals surface area (Å²) in [5.41, 5.74) is 0.181. The Morgan fingerprint density at radius 1 is 1.03 bits per heavy atom. The summed E-state index contributed by atoms with van der Waals surface area (Å²) in [6.45, 7) is 5.35. The Labute approximate surface area is 170 Å². The number of benzene rings is 2. The van der Waals surface area contributed by atoms with Gasteiger partial charge < -0.3 is 19.5 Å². The van der Waals surface area contributed by atoms with Crippen molar-refractivity contribution >= 4 is 12.1 Å². The van der Waals surface area contributed by atoms with Crippen LogP contribution < -0.4 is 10.1 Å². The number of carbonyl (C=O) groups excluding carboxylic acids is 2. The lowest BCUT2D eigenvalue weighted by Crippen LogP contribution is -2.43. The maximum absolute atomic E-state index is 13.0. The summed E-state index contributed by atoms with van der Waals surface area (Å²) in [4.78, 5) is 24.3. The van der Waals surface area contributed by atoms with Gasteiger partial charge in [-0.25, -0.2) is 9.18 Å². The van der Waals surface area contributed by atoms with Crippen LogP contribution in [0.5, 0.6) is 5.75 Å². The van der Waals surface area contributed by atoms with Crippen molar-refractivity contribution in [2.75, 3.05) is 6.61 Å². The zero-order chi connectivity index (χ0) is 21.3. The molecule has 1 amide bonds. The van der Waals surface area contributed by atoms with E-state index in [2.05, 4.69) is 5.32 Å². The number of amides is 1. The van der Waals surface area contributed by atoms with E-state index in [1.165, 1.54) is 24.3 Å². The summed E-state index contributed by atoms with van der Waals surface area (Å²) < 4.78 is 29.1. The van der Waals surface area contributed by atoms with Gasteiger partial charge in [-0.2, -0.15) is 0 Å². The van der Waals surface area contributed by atoms with Crippen molar-refractivity contribution in [1.29, 1.82) is 0 Å². The van der Waals surface area contributed by atoms with Crippen LogP contribution in [0, 0.1) is 5.82 Å². The van der Waals surface area contributed by atoms with E-state index >= 15 is 0 Å². The summed E-state index contributed by atoms with van der Waals surface area (Å²) in [6, 6.07) is 14.1. The molecule has 0 unspecified atom stereocenters. The third-order valence-electron chi connectivity index (χ3n) is 3.64. The Morgan fingerprint density at radius 2 is 1.69 bits per heavy atom. The SMILES string of the molecule is CC(C)(C)OC(=O)N[C@H](COc1ccc(F)cc1)CC(=O)OCc1ccccc1. The fourth-order valence-electron chi connectivity index (χ4n) is 2.35.